The van der Waals surface area contributed by atoms with Gasteiger partial charge < -0.3 is 4.42 Å². The molecule has 0 aromatic carbocycles. The maximum Gasteiger partial charge on any atom is 0.183 e. The average molecular weight is 204 g/mol. The number of ketones is 1. The van der Waals surface area contributed by atoms with Crippen LogP contribution in [0, 0.1) is 0 Å². The predicted octanol–water partition coefficient (Wildman–Crippen LogP) is 1.83. The van der Waals surface area contributed by atoms with Crippen molar-refractivity contribution >= 4 is 5.78 Å². The van der Waals surface area contributed by atoms with Gasteiger partial charge in [0.25, 0.3) is 0 Å². The molecule has 0 spiro atoms. The van der Waals surface area contributed by atoms with Gasteiger partial charge in [-0.05, 0) is 18.2 Å². The van der Waals surface area contributed by atoms with Gasteiger partial charge in [-0.2, -0.15) is 5.10 Å². The SMILES string of the molecule is Cn1ccc(C(=O)CCc2ccco2)n1. The molecule has 0 unspecified atom stereocenters. The monoisotopic (exact) mass is 204 g/mol. The van der Waals surface area contributed by atoms with Crippen molar-refractivity contribution in [3.63, 3.8) is 0 Å². The summed E-state index contributed by atoms with van der Waals surface area (Å²) in [6.45, 7) is 0. The van der Waals surface area contributed by atoms with E-state index >= 15 is 0 Å². The zero-order valence-corrected chi connectivity index (χ0v) is 8.51. The molecule has 4 nitrogen and oxygen atoms in total. The molecule has 2 rings (SSSR count). The Morgan fingerprint density at radius 1 is 1.53 bits per heavy atom. The molecule has 0 bridgehead atoms. The van der Waals surface area contributed by atoms with Crippen molar-refractivity contribution < 1.29 is 9.21 Å². The van der Waals surface area contributed by atoms with Crippen molar-refractivity contribution in [1.82, 2.24) is 9.78 Å². The second-order valence-corrected chi connectivity index (χ2v) is 3.38. The van der Waals surface area contributed by atoms with Crippen molar-refractivity contribution in [3.8, 4) is 0 Å². The molecule has 15 heavy (non-hydrogen) atoms. The topological polar surface area (TPSA) is 48.0 Å². The van der Waals surface area contributed by atoms with Crippen molar-refractivity contribution in [2.24, 2.45) is 7.05 Å². The minimum Gasteiger partial charge on any atom is -0.469 e. The summed E-state index contributed by atoms with van der Waals surface area (Å²) in [6.07, 6.45) is 4.44. The van der Waals surface area contributed by atoms with E-state index in [1.54, 1.807) is 30.3 Å². The highest BCUT2D eigenvalue weighted by molar-refractivity contribution is 5.94. The Labute approximate surface area is 87.5 Å². The zero-order chi connectivity index (χ0) is 10.7. The highest BCUT2D eigenvalue weighted by Crippen LogP contribution is 2.07. The van der Waals surface area contributed by atoms with Gasteiger partial charge in [0.15, 0.2) is 5.78 Å². The summed E-state index contributed by atoms with van der Waals surface area (Å²) in [5.41, 5.74) is 0.518. The van der Waals surface area contributed by atoms with E-state index in [2.05, 4.69) is 5.10 Å². The molecule has 0 aliphatic carbocycles. The lowest BCUT2D eigenvalue weighted by Gasteiger charge is -1.95. The van der Waals surface area contributed by atoms with E-state index in [4.69, 9.17) is 4.42 Å². The van der Waals surface area contributed by atoms with E-state index in [1.165, 1.54) is 0 Å². The maximum absolute atomic E-state index is 11.6. The summed E-state index contributed by atoms with van der Waals surface area (Å²) in [5.74, 6) is 0.881. The first-order valence-corrected chi connectivity index (χ1v) is 4.81. The molecule has 78 valence electrons. The minimum absolute atomic E-state index is 0.0481. The molecular weight excluding hydrogens is 192 g/mol. The van der Waals surface area contributed by atoms with Crippen molar-refractivity contribution in [2.45, 2.75) is 12.8 Å². The molecule has 4 heteroatoms. The maximum atomic E-state index is 11.6. The Hall–Kier alpha value is -1.84. The van der Waals surface area contributed by atoms with Crippen molar-refractivity contribution in [2.75, 3.05) is 0 Å². The standard InChI is InChI=1S/C11H12N2O2/c1-13-7-6-10(12-13)11(14)5-4-9-3-2-8-15-9/h2-3,6-8H,4-5H2,1H3. The van der Waals surface area contributed by atoms with Crippen LogP contribution in [0.3, 0.4) is 0 Å². The molecule has 0 saturated carbocycles. The highest BCUT2D eigenvalue weighted by atomic mass is 16.3. The van der Waals surface area contributed by atoms with E-state index in [9.17, 15) is 4.79 Å². The fourth-order valence-corrected chi connectivity index (χ4v) is 1.38. The lowest BCUT2D eigenvalue weighted by Crippen LogP contribution is -2.02. The van der Waals surface area contributed by atoms with Crippen LogP contribution in [0.5, 0.6) is 0 Å². The molecule has 0 amide bonds. The summed E-state index contributed by atoms with van der Waals surface area (Å²) < 4.78 is 6.77. The van der Waals surface area contributed by atoms with Gasteiger partial charge in [0.05, 0.1) is 6.26 Å². The van der Waals surface area contributed by atoms with Crippen LogP contribution in [0.2, 0.25) is 0 Å². The van der Waals surface area contributed by atoms with Crippen LogP contribution in [0.25, 0.3) is 0 Å². The smallest absolute Gasteiger partial charge is 0.183 e. The lowest BCUT2D eigenvalue weighted by molar-refractivity contribution is 0.0975. The van der Waals surface area contributed by atoms with Crippen LogP contribution >= 0.6 is 0 Å². The number of hydrogen-bond acceptors (Lipinski definition) is 3. The van der Waals surface area contributed by atoms with Gasteiger partial charge in [0.1, 0.15) is 11.5 Å². The minimum atomic E-state index is 0.0481. The molecule has 2 aromatic rings. The largest absolute Gasteiger partial charge is 0.469 e. The Balaban J connectivity index is 1.93. The summed E-state index contributed by atoms with van der Waals surface area (Å²) >= 11 is 0. The normalized spacial score (nSPS) is 10.5. The Kier molecular flexibility index (Phi) is 2.67. The van der Waals surface area contributed by atoms with Gasteiger partial charge in [-0.1, -0.05) is 0 Å². The van der Waals surface area contributed by atoms with E-state index in [-0.39, 0.29) is 5.78 Å². The third kappa shape index (κ3) is 2.34. The molecule has 0 N–H and O–H groups in total. The number of aromatic nitrogens is 2. The van der Waals surface area contributed by atoms with Crippen LogP contribution in [0.1, 0.15) is 22.7 Å². The predicted molar refractivity (Wildman–Crippen MR) is 54.6 cm³/mol. The zero-order valence-electron chi connectivity index (χ0n) is 8.51. The molecule has 0 atom stereocenters. The van der Waals surface area contributed by atoms with Gasteiger partial charge in [0.2, 0.25) is 0 Å². The Morgan fingerprint density at radius 2 is 2.40 bits per heavy atom. The van der Waals surface area contributed by atoms with Gasteiger partial charge in [0, 0.05) is 26.1 Å². The van der Waals surface area contributed by atoms with Crippen LogP contribution in [-0.2, 0) is 13.5 Å². The second kappa shape index (κ2) is 4.13. The molecule has 2 aromatic heterocycles. The lowest BCUT2D eigenvalue weighted by atomic mass is 10.1. The quantitative estimate of drug-likeness (QED) is 0.714. The van der Waals surface area contributed by atoms with Gasteiger partial charge in [-0.25, -0.2) is 0 Å². The van der Waals surface area contributed by atoms with Crippen molar-refractivity contribution in [3.05, 3.63) is 42.1 Å². The highest BCUT2D eigenvalue weighted by Gasteiger charge is 2.09. The molecular formula is C11H12N2O2. The molecule has 0 saturated heterocycles. The first-order valence-electron chi connectivity index (χ1n) is 4.81. The van der Waals surface area contributed by atoms with Gasteiger partial charge in [-0.3, -0.25) is 9.48 Å². The number of hydrogen-bond donors (Lipinski definition) is 0. The summed E-state index contributed by atoms with van der Waals surface area (Å²) in [6, 6.07) is 5.41. The number of carbonyl (C=O) groups excluding carboxylic acids is 1. The summed E-state index contributed by atoms with van der Waals surface area (Å²) in [4.78, 5) is 11.6. The molecule has 0 radical (unpaired) electrons. The fourth-order valence-electron chi connectivity index (χ4n) is 1.38. The molecule has 0 aliphatic heterocycles. The Bertz CT molecular complexity index is 443. The molecule has 0 fully saturated rings. The number of rotatable bonds is 4. The molecule has 0 aliphatic rings. The van der Waals surface area contributed by atoms with Crippen LogP contribution in [0.15, 0.2) is 35.1 Å². The number of nitrogens with zero attached hydrogens (tertiary/aromatic N) is 2. The van der Waals surface area contributed by atoms with Gasteiger partial charge in [-0.15, -0.1) is 0 Å². The summed E-state index contributed by atoms with van der Waals surface area (Å²) in [7, 11) is 1.79. The van der Waals surface area contributed by atoms with Crippen LogP contribution in [-0.4, -0.2) is 15.6 Å². The van der Waals surface area contributed by atoms with E-state index in [0.717, 1.165) is 5.76 Å². The first kappa shape index (κ1) is 9.71. The average Bonchev–Trinajstić information content (AvgIpc) is 2.84. The van der Waals surface area contributed by atoms with Crippen LogP contribution < -0.4 is 0 Å². The number of Topliss-reactive ketones (excluding diaryl/α,β-unsaturated/α-hetero) is 1. The van der Waals surface area contributed by atoms with Gasteiger partial charge >= 0.3 is 0 Å². The number of aryl methyl sites for hydroxylation is 2. The van der Waals surface area contributed by atoms with E-state index in [1.807, 2.05) is 12.1 Å². The second-order valence-electron chi connectivity index (χ2n) is 3.38. The third-order valence-electron chi connectivity index (χ3n) is 2.18. The van der Waals surface area contributed by atoms with Crippen LogP contribution in [0.4, 0.5) is 0 Å². The first-order chi connectivity index (χ1) is 7.25. The third-order valence-corrected chi connectivity index (χ3v) is 2.18. The number of carbonyl (C=O) groups is 1. The molecule has 2 heterocycles. The fraction of sp³-hybridized carbons (Fsp3) is 0.273. The Morgan fingerprint density at radius 3 is 3.00 bits per heavy atom. The summed E-state index contributed by atoms with van der Waals surface area (Å²) in [5, 5.41) is 4.05. The van der Waals surface area contributed by atoms with E-state index < -0.39 is 0 Å². The van der Waals surface area contributed by atoms with E-state index in [0.29, 0.717) is 18.5 Å². The van der Waals surface area contributed by atoms with Crippen molar-refractivity contribution in [1.29, 1.82) is 0 Å². The number of furan rings is 1.